The van der Waals surface area contributed by atoms with Crippen LogP contribution < -0.4 is 0 Å². The summed E-state index contributed by atoms with van der Waals surface area (Å²) in [4.78, 5) is 24.2. The molecule has 2 N–H and O–H groups in total. The molecule has 0 bridgehead atoms. The molecular weight excluding hydrogens is 213 g/mol. The molecule has 0 aliphatic heterocycles. The SMILES string of the molecule is O=C(O)C(=O)Cc1c[nH]c2cccc(F)c12. The Kier molecular flexibility index (Phi) is 2.44. The number of rotatable bonds is 3. The number of hydrogen-bond acceptors (Lipinski definition) is 2. The molecule has 16 heavy (non-hydrogen) atoms. The molecule has 4 nitrogen and oxygen atoms in total. The maximum atomic E-state index is 13.5. The Balaban J connectivity index is 2.46. The first-order valence-corrected chi connectivity index (χ1v) is 4.60. The van der Waals surface area contributed by atoms with Gasteiger partial charge >= 0.3 is 5.97 Å². The molecule has 0 amide bonds. The number of aromatic amines is 1. The second kappa shape index (κ2) is 3.77. The van der Waals surface area contributed by atoms with Crippen molar-refractivity contribution in [2.75, 3.05) is 0 Å². The van der Waals surface area contributed by atoms with Gasteiger partial charge in [0, 0.05) is 23.5 Å². The van der Waals surface area contributed by atoms with Crippen molar-refractivity contribution >= 4 is 22.7 Å². The molecule has 0 aliphatic carbocycles. The summed E-state index contributed by atoms with van der Waals surface area (Å²) in [6.45, 7) is 0. The van der Waals surface area contributed by atoms with E-state index >= 15 is 0 Å². The number of Topliss-reactive ketones (excluding diaryl/α,β-unsaturated/α-hetero) is 1. The first kappa shape index (κ1) is 10.4. The van der Waals surface area contributed by atoms with E-state index in [1.165, 1.54) is 18.3 Å². The van der Waals surface area contributed by atoms with E-state index < -0.39 is 17.6 Å². The van der Waals surface area contributed by atoms with Crippen LogP contribution in [-0.4, -0.2) is 21.8 Å². The summed E-state index contributed by atoms with van der Waals surface area (Å²) in [5.74, 6) is -2.93. The topological polar surface area (TPSA) is 70.2 Å². The fourth-order valence-corrected chi connectivity index (χ4v) is 1.60. The summed E-state index contributed by atoms with van der Waals surface area (Å²) in [7, 11) is 0. The molecule has 2 rings (SSSR count). The van der Waals surface area contributed by atoms with Crippen LogP contribution in [-0.2, 0) is 16.0 Å². The monoisotopic (exact) mass is 221 g/mol. The first-order chi connectivity index (χ1) is 7.59. The second-order valence-electron chi connectivity index (χ2n) is 3.38. The van der Waals surface area contributed by atoms with Crippen LogP contribution in [0.1, 0.15) is 5.56 Å². The Morgan fingerprint density at radius 3 is 2.81 bits per heavy atom. The summed E-state index contributed by atoms with van der Waals surface area (Å²) < 4.78 is 13.5. The Labute approximate surface area is 89.7 Å². The standard InChI is InChI=1S/C11H8FNO3/c12-7-2-1-3-8-10(7)6(5-13-8)4-9(14)11(15)16/h1-3,5,13H,4H2,(H,15,16). The number of carboxylic acids is 1. The van der Waals surface area contributed by atoms with Crippen molar-refractivity contribution in [1.29, 1.82) is 0 Å². The third kappa shape index (κ3) is 1.67. The zero-order valence-electron chi connectivity index (χ0n) is 8.16. The van der Waals surface area contributed by atoms with Gasteiger partial charge in [0.05, 0.1) is 0 Å². The molecule has 0 aliphatic rings. The highest BCUT2D eigenvalue weighted by Crippen LogP contribution is 2.21. The van der Waals surface area contributed by atoms with Crippen molar-refractivity contribution in [3.05, 3.63) is 35.8 Å². The Morgan fingerprint density at radius 1 is 1.38 bits per heavy atom. The van der Waals surface area contributed by atoms with Crippen molar-refractivity contribution in [3.8, 4) is 0 Å². The van der Waals surface area contributed by atoms with Crippen molar-refractivity contribution in [3.63, 3.8) is 0 Å². The van der Waals surface area contributed by atoms with Gasteiger partial charge in [0.1, 0.15) is 5.82 Å². The summed E-state index contributed by atoms with van der Waals surface area (Å²) in [5.41, 5.74) is 0.911. The Bertz CT molecular complexity index is 574. The van der Waals surface area contributed by atoms with Crippen molar-refractivity contribution in [2.45, 2.75) is 6.42 Å². The van der Waals surface area contributed by atoms with Gasteiger partial charge in [-0.3, -0.25) is 4.79 Å². The molecule has 1 aromatic heterocycles. The number of carboxylic acid groups (broad SMARTS) is 1. The third-order valence-corrected chi connectivity index (χ3v) is 2.33. The van der Waals surface area contributed by atoms with Gasteiger partial charge in [-0.15, -0.1) is 0 Å². The second-order valence-corrected chi connectivity index (χ2v) is 3.38. The average molecular weight is 221 g/mol. The maximum absolute atomic E-state index is 13.5. The molecule has 0 radical (unpaired) electrons. The van der Waals surface area contributed by atoms with Crippen LogP contribution in [0.5, 0.6) is 0 Å². The number of halogens is 1. The van der Waals surface area contributed by atoms with Gasteiger partial charge in [-0.25, -0.2) is 9.18 Å². The van der Waals surface area contributed by atoms with Crippen molar-refractivity contribution in [1.82, 2.24) is 4.98 Å². The molecule has 0 saturated heterocycles. The number of aliphatic carboxylic acids is 1. The van der Waals surface area contributed by atoms with Crippen LogP contribution in [0.2, 0.25) is 0 Å². The number of carbonyl (C=O) groups is 2. The smallest absolute Gasteiger partial charge is 0.372 e. The van der Waals surface area contributed by atoms with Gasteiger partial charge in [-0.2, -0.15) is 0 Å². The van der Waals surface area contributed by atoms with Gasteiger partial charge in [0.2, 0.25) is 5.78 Å². The minimum absolute atomic E-state index is 0.275. The van der Waals surface area contributed by atoms with Gasteiger partial charge < -0.3 is 10.1 Å². The highest BCUT2D eigenvalue weighted by atomic mass is 19.1. The van der Waals surface area contributed by atoms with Gasteiger partial charge in [0.15, 0.2) is 0 Å². The molecular formula is C11H8FNO3. The number of benzene rings is 1. The lowest BCUT2D eigenvalue weighted by Gasteiger charge is -1.97. The van der Waals surface area contributed by atoms with E-state index in [9.17, 15) is 14.0 Å². The lowest BCUT2D eigenvalue weighted by atomic mass is 10.1. The van der Waals surface area contributed by atoms with Crippen LogP contribution in [0, 0.1) is 5.82 Å². The van der Waals surface area contributed by atoms with E-state index in [0.29, 0.717) is 11.1 Å². The number of ketones is 1. The molecule has 1 aromatic carbocycles. The summed E-state index contributed by atoms with van der Waals surface area (Å²) >= 11 is 0. The highest BCUT2D eigenvalue weighted by molar-refractivity contribution is 6.33. The van der Waals surface area contributed by atoms with Crippen LogP contribution in [0.15, 0.2) is 24.4 Å². The maximum Gasteiger partial charge on any atom is 0.372 e. The molecule has 5 heteroatoms. The summed E-state index contributed by atoms with van der Waals surface area (Å²) in [6.07, 6.45) is 1.14. The molecule has 0 unspecified atom stereocenters. The van der Waals surface area contributed by atoms with E-state index in [4.69, 9.17) is 5.11 Å². The van der Waals surface area contributed by atoms with Crippen LogP contribution in [0.25, 0.3) is 10.9 Å². The number of carbonyl (C=O) groups excluding carboxylic acids is 1. The van der Waals surface area contributed by atoms with E-state index in [1.807, 2.05) is 0 Å². The van der Waals surface area contributed by atoms with Crippen LogP contribution in [0.3, 0.4) is 0 Å². The molecule has 0 atom stereocenters. The first-order valence-electron chi connectivity index (χ1n) is 4.60. The summed E-state index contributed by atoms with van der Waals surface area (Å²) in [5, 5.41) is 8.74. The number of hydrogen-bond donors (Lipinski definition) is 2. The average Bonchev–Trinajstić information content (AvgIpc) is 2.63. The number of nitrogens with one attached hydrogen (secondary N) is 1. The van der Waals surface area contributed by atoms with Gasteiger partial charge in [-0.1, -0.05) is 6.07 Å². The molecule has 0 fully saturated rings. The lowest BCUT2D eigenvalue weighted by molar-refractivity contribution is -0.148. The molecule has 82 valence electrons. The molecule has 0 spiro atoms. The Hall–Kier alpha value is -2.17. The van der Waals surface area contributed by atoms with Crippen molar-refractivity contribution in [2.24, 2.45) is 0 Å². The van der Waals surface area contributed by atoms with Gasteiger partial charge in [0.25, 0.3) is 0 Å². The van der Waals surface area contributed by atoms with Gasteiger partial charge in [-0.05, 0) is 17.7 Å². The van der Waals surface area contributed by atoms with Crippen LogP contribution in [0.4, 0.5) is 4.39 Å². The van der Waals surface area contributed by atoms with Crippen LogP contribution >= 0.6 is 0 Å². The van der Waals surface area contributed by atoms with Crippen molar-refractivity contribution < 1.29 is 19.1 Å². The van der Waals surface area contributed by atoms with E-state index in [1.54, 1.807) is 6.07 Å². The molecule has 0 saturated carbocycles. The number of H-pyrrole nitrogens is 1. The number of fused-ring (bicyclic) bond motifs is 1. The summed E-state index contributed by atoms with van der Waals surface area (Å²) in [6, 6.07) is 4.47. The predicted octanol–water partition coefficient (Wildman–Crippen LogP) is 1.50. The molecule has 2 aromatic rings. The van der Waals surface area contributed by atoms with E-state index in [2.05, 4.69) is 4.98 Å². The highest BCUT2D eigenvalue weighted by Gasteiger charge is 2.16. The minimum atomic E-state index is -1.51. The third-order valence-electron chi connectivity index (χ3n) is 2.33. The quantitative estimate of drug-likeness (QED) is 0.771. The zero-order valence-corrected chi connectivity index (χ0v) is 8.16. The Morgan fingerprint density at radius 2 is 2.12 bits per heavy atom. The zero-order chi connectivity index (χ0) is 11.7. The fourth-order valence-electron chi connectivity index (χ4n) is 1.60. The molecule has 1 heterocycles. The normalized spacial score (nSPS) is 10.6. The van der Waals surface area contributed by atoms with E-state index in [-0.39, 0.29) is 11.8 Å². The fraction of sp³-hybridized carbons (Fsp3) is 0.0909. The lowest BCUT2D eigenvalue weighted by Crippen LogP contribution is -2.14. The predicted molar refractivity (Wildman–Crippen MR) is 54.6 cm³/mol. The number of aromatic nitrogens is 1. The minimum Gasteiger partial charge on any atom is -0.475 e. The van der Waals surface area contributed by atoms with E-state index in [0.717, 1.165) is 0 Å². The largest absolute Gasteiger partial charge is 0.475 e.